The zero-order valence-corrected chi connectivity index (χ0v) is 17.3. The standard InChI is InChI=1S/C22H23ClN6/c1-13(2)27-28-6-5-15(11-28)29-12-18(17-9-26-10-19(24)22(17)23)16-8-20(25-4)14(3)7-21(16)29/h7-10,12,15,27H,1,5-6,11,24H2,2-3H3/t15-/m1/s1. The number of halogens is 1. The Kier molecular flexibility index (Phi) is 4.95. The van der Waals surface area contributed by atoms with Crippen LogP contribution in [0.15, 0.2) is 43.0 Å². The van der Waals surface area contributed by atoms with Gasteiger partial charge >= 0.3 is 0 Å². The summed E-state index contributed by atoms with van der Waals surface area (Å²) in [5.41, 5.74) is 15.1. The number of allylic oxidation sites excluding steroid dienone is 1. The van der Waals surface area contributed by atoms with E-state index in [1.54, 1.807) is 12.4 Å². The number of aromatic nitrogens is 2. The van der Waals surface area contributed by atoms with Crippen molar-refractivity contribution >= 4 is 33.9 Å². The second-order valence-electron chi connectivity index (χ2n) is 7.59. The summed E-state index contributed by atoms with van der Waals surface area (Å²) in [6, 6.07) is 4.33. The summed E-state index contributed by atoms with van der Waals surface area (Å²) in [6.45, 7) is 17.2. The van der Waals surface area contributed by atoms with Crippen molar-refractivity contribution in [2.45, 2.75) is 26.3 Å². The second kappa shape index (κ2) is 7.43. The first kappa shape index (κ1) is 19.3. The first-order valence-corrected chi connectivity index (χ1v) is 9.86. The SMILES string of the molecule is [C-]#[N+]c1cc2c(-c3cncc(N)c3Cl)cn([C@@H]3CCN(NC(=C)C)C3)c2cc1C. The van der Waals surface area contributed by atoms with Crippen LogP contribution in [0.5, 0.6) is 0 Å². The van der Waals surface area contributed by atoms with Crippen LogP contribution in [0, 0.1) is 13.5 Å². The number of fused-ring (bicyclic) bond motifs is 1. The molecular weight excluding hydrogens is 384 g/mol. The molecule has 148 valence electrons. The Morgan fingerprint density at radius 3 is 2.90 bits per heavy atom. The quantitative estimate of drug-likeness (QED) is 0.593. The molecule has 0 radical (unpaired) electrons. The van der Waals surface area contributed by atoms with Crippen LogP contribution in [-0.4, -0.2) is 27.6 Å². The van der Waals surface area contributed by atoms with Crippen LogP contribution in [0.25, 0.3) is 26.9 Å². The molecule has 2 aromatic heterocycles. The summed E-state index contributed by atoms with van der Waals surface area (Å²) in [5, 5.41) is 3.66. The predicted molar refractivity (Wildman–Crippen MR) is 119 cm³/mol. The number of benzene rings is 1. The average Bonchev–Trinajstić information content (AvgIpc) is 3.27. The molecule has 6 nitrogen and oxygen atoms in total. The van der Waals surface area contributed by atoms with E-state index in [2.05, 4.69) is 43.7 Å². The number of pyridine rings is 1. The molecule has 1 saturated heterocycles. The van der Waals surface area contributed by atoms with E-state index in [4.69, 9.17) is 23.9 Å². The van der Waals surface area contributed by atoms with Crippen molar-refractivity contribution in [3.63, 3.8) is 0 Å². The molecule has 1 aliphatic heterocycles. The molecular formula is C22H23ClN6. The molecule has 29 heavy (non-hydrogen) atoms. The van der Waals surface area contributed by atoms with Gasteiger partial charge in [-0.25, -0.2) is 9.85 Å². The van der Waals surface area contributed by atoms with Gasteiger partial charge in [-0.3, -0.25) is 4.98 Å². The van der Waals surface area contributed by atoms with Gasteiger partial charge in [-0.05, 0) is 43.4 Å². The normalized spacial score (nSPS) is 16.8. The number of hydrogen-bond acceptors (Lipinski definition) is 4. The number of nitrogens with two attached hydrogens (primary N) is 1. The Bertz CT molecular complexity index is 1160. The van der Waals surface area contributed by atoms with Crippen molar-refractivity contribution in [1.82, 2.24) is 20.0 Å². The molecule has 0 unspecified atom stereocenters. The molecule has 0 saturated carbocycles. The number of rotatable bonds is 4. The van der Waals surface area contributed by atoms with E-state index < -0.39 is 0 Å². The van der Waals surface area contributed by atoms with Gasteiger partial charge in [0.05, 0.1) is 23.5 Å². The molecule has 1 aliphatic rings. The maximum absolute atomic E-state index is 7.51. The van der Waals surface area contributed by atoms with Gasteiger partial charge in [0.25, 0.3) is 0 Å². The van der Waals surface area contributed by atoms with Crippen LogP contribution in [0.2, 0.25) is 5.02 Å². The number of hydrazine groups is 1. The zero-order chi connectivity index (χ0) is 20.7. The fraction of sp³-hybridized carbons (Fsp3) is 0.273. The van der Waals surface area contributed by atoms with Gasteiger partial charge in [0.2, 0.25) is 0 Å². The topological polar surface area (TPSA) is 63.5 Å². The van der Waals surface area contributed by atoms with Crippen LogP contribution in [0.1, 0.15) is 24.9 Å². The van der Waals surface area contributed by atoms with E-state index in [9.17, 15) is 0 Å². The third kappa shape index (κ3) is 3.44. The van der Waals surface area contributed by atoms with Crippen molar-refractivity contribution in [3.05, 3.63) is 65.0 Å². The maximum Gasteiger partial charge on any atom is 0.190 e. The van der Waals surface area contributed by atoms with E-state index in [0.29, 0.717) is 22.4 Å². The minimum absolute atomic E-state index is 0.295. The van der Waals surface area contributed by atoms with Crippen molar-refractivity contribution < 1.29 is 0 Å². The molecule has 3 aromatic rings. The highest BCUT2D eigenvalue weighted by Crippen LogP contribution is 2.41. The Morgan fingerprint density at radius 1 is 1.38 bits per heavy atom. The molecule has 1 fully saturated rings. The van der Waals surface area contributed by atoms with Gasteiger partial charge < -0.3 is 15.7 Å². The van der Waals surface area contributed by atoms with Crippen molar-refractivity contribution in [2.24, 2.45) is 0 Å². The molecule has 7 heteroatoms. The van der Waals surface area contributed by atoms with Gasteiger partial charge in [-0.1, -0.05) is 18.2 Å². The monoisotopic (exact) mass is 406 g/mol. The van der Waals surface area contributed by atoms with Crippen LogP contribution in [-0.2, 0) is 0 Å². The van der Waals surface area contributed by atoms with Crippen LogP contribution < -0.4 is 11.2 Å². The molecule has 3 heterocycles. The lowest BCUT2D eigenvalue weighted by molar-refractivity contribution is 0.257. The number of nitrogens with zero attached hydrogens (tertiary/aromatic N) is 4. The molecule has 0 bridgehead atoms. The van der Waals surface area contributed by atoms with E-state index in [0.717, 1.165) is 52.8 Å². The largest absolute Gasteiger partial charge is 0.396 e. The summed E-state index contributed by atoms with van der Waals surface area (Å²) in [5.74, 6) is 0. The van der Waals surface area contributed by atoms with Gasteiger partial charge in [0, 0.05) is 53.9 Å². The Labute approximate surface area is 175 Å². The predicted octanol–water partition coefficient (Wildman–Crippen LogP) is 5.08. The average molecular weight is 407 g/mol. The maximum atomic E-state index is 7.51. The summed E-state index contributed by atoms with van der Waals surface area (Å²) >= 11 is 6.52. The highest BCUT2D eigenvalue weighted by Gasteiger charge is 2.26. The number of nitrogens with one attached hydrogen (secondary N) is 1. The zero-order valence-electron chi connectivity index (χ0n) is 16.5. The summed E-state index contributed by atoms with van der Waals surface area (Å²) in [7, 11) is 0. The minimum Gasteiger partial charge on any atom is -0.396 e. The summed E-state index contributed by atoms with van der Waals surface area (Å²) in [4.78, 5) is 7.92. The highest BCUT2D eigenvalue weighted by molar-refractivity contribution is 6.36. The molecule has 1 atom stereocenters. The van der Waals surface area contributed by atoms with Gasteiger partial charge in [0.15, 0.2) is 5.69 Å². The van der Waals surface area contributed by atoms with Crippen LogP contribution in [0.4, 0.5) is 11.4 Å². The van der Waals surface area contributed by atoms with Gasteiger partial charge in [-0.2, -0.15) is 0 Å². The lowest BCUT2D eigenvalue weighted by Crippen LogP contribution is -2.34. The number of hydrogen-bond donors (Lipinski definition) is 2. The summed E-state index contributed by atoms with van der Waals surface area (Å²) in [6.07, 6.45) is 6.42. The molecule has 3 N–H and O–H groups in total. The number of aryl methyl sites for hydroxylation is 1. The lowest BCUT2D eigenvalue weighted by atomic mass is 10.0. The third-order valence-electron chi connectivity index (χ3n) is 5.37. The highest BCUT2D eigenvalue weighted by atomic mass is 35.5. The van der Waals surface area contributed by atoms with Gasteiger partial charge in [0.1, 0.15) is 0 Å². The van der Waals surface area contributed by atoms with E-state index in [-0.39, 0.29) is 0 Å². The fourth-order valence-electron chi connectivity index (χ4n) is 4.02. The van der Waals surface area contributed by atoms with Gasteiger partial charge in [-0.15, -0.1) is 0 Å². The Hall–Kier alpha value is -3.01. The Balaban J connectivity index is 1.88. The minimum atomic E-state index is 0.295. The van der Waals surface area contributed by atoms with E-state index in [1.165, 1.54) is 0 Å². The lowest BCUT2D eigenvalue weighted by Gasteiger charge is -2.19. The van der Waals surface area contributed by atoms with E-state index in [1.807, 2.05) is 19.9 Å². The molecule has 0 amide bonds. The smallest absolute Gasteiger partial charge is 0.190 e. The van der Waals surface area contributed by atoms with Crippen LogP contribution >= 0.6 is 11.6 Å². The van der Waals surface area contributed by atoms with Crippen molar-refractivity contribution in [2.75, 3.05) is 18.8 Å². The molecule has 4 rings (SSSR count). The second-order valence-corrected chi connectivity index (χ2v) is 7.97. The van der Waals surface area contributed by atoms with E-state index >= 15 is 0 Å². The first-order valence-electron chi connectivity index (χ1n) is 9.48. The third-order valence-corrected chi connectivity index (χ3v) is 5.80. The van der Waals surface area contributed by atoms with Crippen molar-refractivity contribution in [1.29, 1.82) is 0 Å². The Morgan fingerprint density at radius 2 is 2.17 bits per heavy atom. The fourth-order valence-corrected chi connectivity index (χ4v) is 4.21. The molecule has 0 aliphatic carbocycles. The first-order chi connectivity index (χ1) is 13.9. The molecule has 1 aromatic carbocycles. The molecule has 0 spiro atoms. The van der Waals surface area contributed by atoms with Crippen LogP contribution in [0.3, 0.4) is 0 Å². The summed E-state index contributed by atoms with van der Waals surface area (Å²) < 4.78 is 2.30. The number of anilines is 1. The number of nitrogen functional groups attached to an aromatic ring is 1. The van der Waals surface area contributed by atoms with Crippen molar-refractivity contribution in [3.8, 4) is 11.1 Å².